The van der Waals surface area contributed by atoms with Crippen LogP contribution in [-0.2, 0) is 9.53 Å². The van der Waals surface area contributed by atoms with Crippen LogP contribution >= 0.6 is 0 Å². The lowest BCUT2D eigenvalue weighted by Gasteiger charge is -2.24. The minimum absolute atomic E-state index is 0.151. The molecule has 2 amide bonds. The maximum atomic E-state index is 11.5. The molecular formula is C13H24N2O3. The van der Waals surface area contributed by atoms with Gasteiger partial charge in [0.15, 0.2) is 0 Å². The first-order valence-corrected chi connectivity index (χ1v) is 6.63. The molecule has 1 fully saturated rings. The summed E-state index contributed by atoms with van der Waals surface area (Å²) in [6.07, 6.45) is 3.51. The van der Waals surface area contributed by atoms with Gasteiger partial charge in [-0.05, 0) is 40.0 Å². The summed E-state index contributed by atoms with van der Waals surface area (Å²) in [5.41, 5.74) is -0.470. The summed E-state index contributed by atoms with van der Waals surface area (Å²) in [5, 5.41) is 5.53. The Morgan fingerprint density at radius 3 is 2.28 bits per heavy atom. The third-order valence-electron chi connectivity index (χ3n) is 2.80. The van der Waals surface area contributed by atoms with Crippen LogP contribution in [0.4, 0.5) is 4.79 Å². The van der Waals surface area contributed by atoms with E-state index in [0.29, 0.717) is 13.1 Å². The molecule has 1 aliphatic rings. The molecule has 1 saturated carbocycles. The van der Waals surface area contributed by atoms with Gasteiger partial charge in [0.25, 0.3) is 0 Å². The van der Waals surface area contributed by atoms with Crippen molar-refractivity contribution in [1.82, 2.24) is 10.6 Å². The Bertz CT molecular complexity index is 293. The second-order valence-corrected chi connectivity index (χ2v) is 5.70. The van der Waals surface area contributed by atoms with Crippen LogP contribution in [0.5, 0.6) is 0 Å². The summed E-state index contributed by atoms with van der Waals surface area (Å²) in [4.78, 5) is 22.8. The lowest BCUT2D eigenvalue weighted by Crippen LogP contribution is -2.37. The van der Waals surface area contributed by atoms with E-state index in [-0.39, 0.29) is 11.8 Å². The SMILES string of the molecule is CC(C)(C)OC(=O)NCCCNC(=O)C1CCC1. The fourth-order valence-corrected chi connectivity index (χ4v) is 1.62. The van der Waals surface area contributed by atoms with Gasteiger partial charge >= 0.3 is 6.09 Å². The zero-order chi connectivity index (χ0) is 13.6. The van der Waals surface area contributed by atoms with E-state index in [9.17, 15) is 9.59 Å². The van der Waals surface area contributed by atoms with E-state index < -0.39 is 11.7 Å². The highest BCUT2D eigenvalue weighted by molar-refractivity contribution is 5.79. The van der Waals surface area contributed by atoms with Crippen LogP contribution in [0.1, 0.15) is 46.5 Å². The molecule has 1 rings (SSSR count). The molecule has 0 bridgehead atoms. The van der Waals surface area contributed by atoms with Crippen molar-refractivity contribution in [3.05, 3.63) is 0 Å². The molecule has 5 heteroatoms. The summed E-state index contributed by atoms with van der Waals surface area (Å²) in [5.74, 6) is 0.377. The van der Waals surface area contributed by atoms with Gasteiger partial charge in [0.1, 0.15) is 5.60 Å². The fraction of sp³-hybridized carbons (Fsp3) is 0.846. The average molecular weight is 256 g/mol. The minimum atomic E-state index is -0.470. The van der Waals surface area contributed by atoms with E-state index in [1.807, 2.05) is 20.8 Å². The summed E-state index contributed by atoms with van der Waals surface area (Å²) in [6, 6.07) is 0. The number of amides is 2. The highest BCUT2D eigenvalue weighted by Gasteiger charge is 2.24. The van der Waals surface area contributed by atoms with Crippen molar-refractivity contribution in [1.29, 1.82) is 0 Å². The van der Waals surface area contributed by atoms with Crippen LogP contribution in [-0.4, -0.2) is 30.7 Å². The molecule has 0 unspecified atom stereocenters. The monoisotopic (exact) mass is 256 g/mol. The van der Waals surface area contributed by atoms with Crippen LogP contribution < -0.4 is 10.6 Å². The fourth-order valence-electron chi connectivity index (χ4n) is 1.62. The highest BCUT2D eigenvalue weighted by atomic mass is 16.6. The molecule has 0 heterocycles. The molecule has 0 radical (unpaired) electrons. The average Bonchev–Trinajstić information content (AvgIpc) is 2.11. The Morgan fingerprint density at radius 1 is 1.17 bits per heavy atom. The summed E-state index contributed by atoms with van der Waals surface area (Å²) >= 11 is 0. The third-order valence-corrected chi connectivity index (χ3v) is 2.80. The van der Waals surface area contributed by atoms with E-state index in [0.717, 1.165) is 25.7 Å². The van der Waals surface area contributed by atoms with E-state index in [2.05, 4.69) is 10.6 Å². The number of alkyl carbamates (subject to hydrolysis) is 1. The minimum Gasteiger partial charge on any atom is -0.444 e. The van der Waals surface area contributed by atoms with Gasteiger partial charge in [-0.3, -0.25) is 4.79 Å². The van der Waals surface area contributed by atoms with Crippen LogP contribution in [0.3, 0.4) is 0 Å². The van der Waals surface area contributed by atoms with E-state index in [1.165, 1.54) is 0 Å². The third kappa shape index (κ3) is 5.89. The van der Waals surface area contributed by atoms with Gasteiger partial charge in [-0.25, -0.2) is 4.79 Å². The van der Waals surface area contributed by atoms with Crippen molar-refractivity contribution in [3.63, 3.8) is 0 Å². The lowest BCUT2D eigenvalue weighted by molar-refractivity contribution is -0.127. The molecule has 0 spiro atoms. The van der Waals surface area contributed by atoms with Gasteiger partial charge in [0.2, 0.25) is 5.91 Å². The van der Waals surface area contributed by atoms with Crippen molar-refractivity contribution in [3.8, 4) is 0 Å². The predicted octanol–water partition coefficient (Wildman–Crippen LogP) is 1.82. The van der Waals surface area contributed by atoms with Crippen molar-refractivity contribution >= 4 is 12.0 Å². The number of ether oxygens (including phenoxy) is 1. The first-order valence-electron chi connectivity index (χ1n) is 6.63. The predicted molar refractivity (Wildman–Crippen MR) is 69.2 cm³/mol. The van der Waals surface area contributed by atoms with E-state index >= 15 is 0 Å². The maximum Gasteiger partial charge on any atom is 0.407 e. The van der Waals surface area contributed by atoms with Gasteiger partial charge in [-0.15, -0.1) is 0 Å². The molecule has 5 nitrogen and oxygen atoms in total. The van der Waals surface area contributed by atoms with Gasteiger partial charge in [-0.2, -0.15) is 0 Å². The number of carbonyl (C=O) groups excluding carboxylic acids is 2. The zero-order valence-electron chi connectivity index (χ0n) is 11.5. The van der Waals surface area contributed by atoms with Gasteiger partial charge < -0.3 is 15.4 Å². The second kappa shape index (κ2) is 6.61. The molecule has 1 aliphatic carbocycles. The standard InChI is InChI=1S/C13H24N2O3/c1-13(2,3)18-12(17)15-9-5-8-14-11(16)10-6-4-7-10/h10H,4-9H2,1-3H3,(H,14,16)(H,15,17). The van der Waals surface area contributed by atoms with Crippen LogP contribution in [0, 0.1) is 5.92 Å². The number of hydrogen-bond acceptors (Lipinski definition) is 3. The largest absolute Gasteiger partial charge is 0.444 e. The Balaban J connectivity index is 1.98. The Hall–Kier alpha value is -1.26. The quantitative estimate of drug-likeness (QED) is 0.737. The molecule has 104 valence electrons. The zero-order valence-corrected chi connectivity index (χ0v) is 11.5. The second-order valence-electron chi connectivity index (χ2n) is 5.70. The van der Waals surface area contributed by atoms with Crippen LogP contribution in [0.25, 0.3) is 0 Å². The molecule has 18 heavy (non-hydrogen) atoms. The maximum absolute atomic E-state index is 11.5. The molecule has 0 saturated heterocycles. The molecule has 0 aromatic rings. The molecule has 0 aromatic carbocycles. The van der Waals surface area contributed by atoms with Gasteiger partial charge in [0, 0.05) is 19.0 Å². The van der Waals surface area contributed by atoms with E-state index in [1.54, 1.807) is 0 Å². The molecular weight excluding hydrogens is 232 g/mol. The smallest absolute Gasteiger partial charge is 0.407 e. The number of carbonyl (C=O) groups is 2. The lowest BCUT2D eigenvalue weighted by atomic mass is 9.85. The summed E-state index contributed by atoms with van der Waals surface area (Å²) in [7, 11) is 0. The topological polar surface area (TPSA) is 67.4 Å². The van der Waals surface area contributed by atoms with Crippen molar-refractivity contribution in [2.45, 2.75) is 52.1 Å². The molecule has 0 atom stereocenters. The summed E-state index contributed by atoms with van der Waals surface area (Å²) in [6.45, 7) is 6.59. The first-order chi connectivity index (χ1) is 8.38. The first kappa shape index (κ1) is 14.8. The Labute approximate surface area is 109 Å². The van der Waals surface area contributed by atoms with Crippen molar-refractivity contribution in [2.75, 3.05) is 13.1 Å². The van der Waals surface area contributed by atoms with Crippen LogP contribution in [0.15, 0.2) is 0 Å². The molecule has 0 aliphatic heterocycles. The number of nitrogens with one attached hydrogen (secondary N) is 2. The van der Waals surface area contributed by atoms with Gasteiger partial charge in [0.05, 0.1) is 0 Å². The highest BCUT2D eigenvalue weighted by Crippen LogP contribution is 2.25. The van der Waals surface area contributed by atoms with Crippen molar-refractivity contribution < 1.29 is 14.3 Å². The Morgan fingerprint density at radius 2 is 1.78 bits per heavy atom. The summed E-state index contributed by atoms with van der Waals surface area (Å²) < 4.78 is 5.09. The van der Waals surface area contributed by atoms with E-state index in [4.69, 9.17) is 4.74 Å². The normalized spacial score (nSPS) is 15.7. The molecule has 0 aromatic heterocycles. The van der Waals surface area contributed by atoms with Gasteiger partial charge in [-0.1, -0.05) is 6.42 Å². The molecule has 2 N–H and O–H groups in total. The van der Waals surface area contributed by atoms with Crippen LogP contribution in [0.2, 0.25) is 0 Å². The number of hydrogen-bond donors (Lipinski definition) is 2. The number of rotatable bonds is 5. The van der Waals surface area contributed by atoms with Crippen molar-refractivity contribution in [2.24, 2.45) is 5.92 Å². The Kier molecular flexibility index (Phi) is 5.44.